The molecule has 3 rings (SSSR count). The summed E-state index contributed by atoms with van der Waals surface area (Å²) in [6.45, 7) is 0.856. The number of urea groups is 1. The molecule has 0 bridgehead atoms. The lowest BCUT2D eigenvalue weighted by atomic mass is 9.96. The summed E-state index contributed by atoms with van der Waals surface area (Å²) < 4.78 is 5.21. The van der Waals surface area contributed by atoms with Crippen LogP contribution in [-0.4, -0.2) is 30.6 Å². The second kappa shape index (κ2) is 7.03. The quantitative estimate of drug-likeness (QED) is 0.920. The third-order valence-corrected chi connectivity index (χ3v) is 4.95. The van der Waals surface area contributed by atoms with Crippen molar-refractivity contribution in [3.8, 4) is 5.75 Å². The molecule has 2 aliphatic rings. The van der Waals surface area contributed by atoms with Gasteiger partial charge in [-0.05, 0) is 43.4 Å². The number of carbonyl (C=O) groups excluding carboxylic acids is 1. The van der Waals surface area contributed by atoms with Crippen LogP contribution in [0.3, 0.4) is 0 Å². The Balaban J connectivity index is 1.64. The van der Waals surface area contributed by atoms with Crippen LogP contribution in [-0.2, 0) is 0 Å². The maximum atomic E-state index is 12.6. The van der Waals surface area contributed by atoms with Crippen LogP contribution in [0, 0.1) is 0 Å². The van der Waals surface area contributed by atoms with Gasteiger partial charge in [0.15, 0.2) is 0 Å². The highest BCUT2D eigenvalue weighted by Gasteiger charge is 2.31. The summed E-state index contributed by atoms with van der Waals surface area (Å²) in [6.07, 6.45) is 8.18. The van der Waals surface area contributed by atoms with Gasteiger partial charge in [0.25, 0.3) is 0 Å². The number of likely N-dealkylation sites (tertiary alicyclic amines) is 1. The van der Waals surface area contributed by atoms with E-state index in [1.165, 1.54) is 24.8 Å². The van der Waals surface area contributed by atoms with Crippen LogP contribution in [0.4, 0.5) is 4.79 Å². The van der Waals surface area contributed by atoms with E-state index >= 15 is 0 Å². The Kier molecular flexibility index (Phi) is 4.86. The summed E-state index contributed by atoms with van der Waals surface area (Å²) in [7, 11) is 1.68. The predicted octanol–water partition coefficient (Wildman–Crippen LogP) is 3.87. The van der Waals surface area contributed by atoms with Crippen molar-refractivity contribution in [3.05, 3.63) is 29.8 Å². The highest BCUT2D eigenvalue weighted by atomic mass is 16.5. The number of rotatable bonds is 3. The minimum absolute atomic E-state index is 0.116. The van der Waals surface area contributed by atoms with Gasteiger partial charge in [-0.25, -0.2) is 4.79 Å². The molecule has 1 saturated heterocycles. The smallest absolute Gasteiger partial charge is 0.318 e. The van der Waals surface area contributed by atoms with Gasteiger partial charge in [0.2, 0.25) is 0 Å². The summed E-state index contributed by atoms with van der Waals surface area (Å²) in [4.78, 5) is 14.6. The van der Waals surface area contributed by atoms with Crippen LogP contribution in [0.2, 0.25) is 0 Å². The molecule has 1 N–H and O–H groups in total. The van der Waals surface area contributed by atoms with E-state index in [4.69, 9.17) is 4.74 Å². The summed E-state index contributed by atoms with van der Waals surface area (Å²) in [5.74, 6) is 0.861. The van der Waals surface area contributed by atoms with Gasteiger partial charge in [0.1, 0.15) is 5.75 Å². The Morgan fingerprint density at radius 3 is 2.50 bits per heavy atom. The fourth-order valence-electron chi connectivity index (χ4n) is 3.69. The van der Waals surface area contributed by atoms with Gasteiger partial charge in [-0.3, -0.25) is 0 Å². The largest absolute Gasteiger partial charge is 0.497 e. The fourth-order valence-corrected chi connectivity index (χ4v) is 3.69. The first-order valence-electron chi connectivity index (χ1n) is 8.49. The zero-order chi connectivity index (χ0) is 15.4. The third-order valence-electron chi connectivity index (χ3n) is 4.95. The average Bonchev–Trinajstić information content (AvgIpc) is 3.05. The van der Waals surface area contributed by atoms with E-state index in [1.54, 1.807) is 7.11 Å². The topological polar surface area (TPSA) is 41.6 Å². The molecule has 1 saturated carbocycles. The Bertz CT molecular complexity index is 494. The molecule has 0 spiro atoms. The lowest BCUT2D eigenvalue weighted by molar-refractivity contribution is 0.185. The number of amides is 2. The monoisotopic (exact) mass is 302 g/mol. The van der Waals surface area contributed by atoms with E-state index < -0.39 is 0 Å². The SMILES string of the molecule is COc1ccc([C@H]2CCCN2C(=O)NC2CCCCC2)cc1. The lowest BCUT2D eigenvalue weighted by Gasteiger charge is -2.29. The third kappa shape index (κ3) is 3.37. The first-order chi connectivity index (χ1) is 10.8. The van der Waals surface area contributed by atoms with Crippen LogP contribution < -0.4 is 10.1 Å². The molecular weight excluding hydrogens is 276 g/mol. The zero-order valence-electron chi connectivity index (χ0n) is 13.4. The molecule has 0 aromatic heterocycles. The van der Waals surface area contributed by atoms with Crippen molar-refractivity contribution in [1.82, 2.24) is 10.2 Å². The maximum Gasteiger partial charge on any atom is 0.318 e. The van der Waals surface area contributed by atoms with Crippen molar-refractivity contribution in [2.24, 2.45) is 0 Å². The standard InChI is InChI=1S/C18H26N2O2/c1-22-16-11-9-14(10-12-16)17-8-5-13-20(17)18(21)19-15-6-3-2-4-7-15/h9-12,15,17H,2-8,13H2,1H3,(H,19,21)/t17-/m1/s1. The highest BCUT2D eigenvalue weighted by molar-refractivity contribution is 5.75. The zero-order valence-corrected chi connectivity index (χ0v) is 13.4. The molecule has 22 heavy (non-hydrogen) atoms. The second-order valence-corrected chi connectivity index (χ2v) is 6.41. The molecule has 4 heteroatoms. The summed E-state index contributed by atoms with van der Waals surface area (Å²) in [5, 5.41) is 3.25. The van der Waals surface area contributed by atoms with Crippen LogP contribution in [0.25, 0.3) is 0 Å². The lowest BCUT2D eigenvalue weighted by Crippen LogP contribution is -2.45. The Labute approximate surface area is 132 Å². The molecule has 0 radical (unpaired) electrons. The van der Waals surface area contributed by atoms with Crippen molar-refractivity contribution in [3.63, 3.8) is 0 Å². The van der Waals surface area contributed by atoms with Gasteiger partial charge < -0.3 is 15.0 Å². The van der Waals surface area contributed by atoms with Crippen LogP contribution >= 0.6 is 0 Å². The van der Waals surface area contributed by atoms with E-state index in [0.29, 0.717) is 6.04 Å². The fraction of sp³-hybridized carbons (Fsp3) is 0.611. The molecule has 2 amide bonds. The van der Waals surface area contributed by atoms with E-state index in [2.05, 4.69) is 17.4 Å². The van der Waals surface area contributed by atoms with Gasteiger partial charge in [0.05, 0.1) is 13.2 Å². The number of nitrogens with one attached hydrogen (secondary N) is 1. The van der Waals surface area contributed by atoms with Crippen molar-refractivity contribution in [2.45, 2.75) is 57.0 Å². The van der Waals surface area contributed by atoms with Crippen molar-refractivity contribution in [2.75, 3.05) is 13.7 Å². The van der Waals surface area contributed by atoms with Gasteiger partial charge in [-0.2, -0.15) is 0 Å². The summed E-state index contributed by atoms with van der Waals surface area (Å²) in [5.41, 5.74) is 1.21. The van der Waals surface area contributed by atoms with Crippen LogP contribution in [0.5, 0.6) is 5.75 Å². The van der Waals surface area contributed by atoms with Gasteiger partial charge in [-0.1, -0.05) is 31.4 Å². The van der Waals surface area contributed by atoms with Crippen molar-refractivity contribution in [1.29, 1.82) is 0 Å². The number of ether oxygens (including phenoxy) is 1. The first kappa shape index (κ1) is 15.2. The van der Waals surface area contributed by atoms with Crippen molar-refractivity contribution < 1.29 is 9.53 Å². The molecule has 1 aliphatic carbocycles. The van der Waals surface area contributed by atoms with E-state index in [1.807, 2.05) is 17.0 Å². The first-order valence-corrected chi connectivity index (χ1v) is 8.49. The Morgan fingerprint density at radius 2 is 1.82 bits per heavy atom. The van der Waals surface area contributed by atoms with E-state index in [-0.39, 0.29) is 12.1 Å². The molecule has 120 valence electrons. The molecule has 1 aromatic rings. The number of hydrogen-bond donors (Lipinski definition) is 1. The maximum absolute atomic E-state index is 12.6. The number of hydrogen-bond acceptors (Lipinski definition) is 2. The molecule has 0 unspecified atom stereocenters. The molecule has 1 atom stereocenters. The normalized spacial score (nSPS) is 22.6. The predicted molar refractivity (Wildman–Crippen MR) is 87.1 cm³/mol. The number of nitrogens with zero attached hydrogens (tertiary/aromatic N) is 1. The van der Waals surface area contributed by atoms with E-state index in [0.717, 1.165) is 38.0 Å². The molecule has 4 nitrogen and oxygen atoms in total. The molecule has 2 fully saturated rings. The Morgan fingerprint density at radius 1 is 1.09 bits per heavy atom. The van der Waals surface area contributed by atoms with Crippen LogP contribution in [0.1, 0.15) is 56.6 Å². The van der Waals surface area contributed by atoms with Gasteiger partial charge in [-0.15, -0.1) is 0 Å². The highest BCUT2D eigenvalue weighted by Crippen LogP contribution is 2.33. The molecule has 1 aromatic carbocycles. The van der Waals surface area contributed by atoms with E-state index in [9.17, 15) is 4.79 Å². The summed E-state index contributed by atoms with van der Waals surface area (Å²) in [6, 6.07) is 8.80. The Hall–Kier alpha value is -1.71. The minimum Gasteiger partial charge on any atom is -0.497 e. The van der Waals surface area contributed by atoms with Crippen LogP contribution in [0.15, 0.2) is 24.3 Å². The second-order valence-electron chi connectivity index (χ2n) is 6.41. The van der Waals surface area contributed by atoms with Gasteiger partial charge in [0, 0.05) is 12.6 Å². The summed E-state index contributed by atoms with van der Waals surface area (Å²) >= 11 is 0. The molecule has 1 heterocycles. The van der Waals surface area contributed by atoms with Crippen molar-refractivity contribution >= 4 is 6.03 Å². The minimum atomic E-state index is 0.116. The number of methoxy groups -OCH3 is 1. The number of benzene rings is 1. The average molecular weight is 302 g/mol. The number of carbonyl (C=O) groups is 1. The van der Waals surface area contributed by atoms with Gasteiger partial charge >= 0.3 is 6.03 Å². The molecular formula is C18H26N2O2. The molecule has 1 aliphatic heterocycles.